The molecule has 0 saturated carbocycles. The van der Waals surface area contributed by atoms with Gasteiger partial charge in [-0.15, -0.1) is 12.3 Å². The minimum atomic E-state index is -0.267. The first-order valence-electron chi connectivity index (χ1n) is 4.92. The standard InChI is InChI=1S/C11H20O/c1-3-5-6-7-8-10-11(12)9-4-2/h2,11-12H,3,5-10H2,1H3. The molecule has 0 fully saturated rings. The second-order valence-electron chi connectivity index (χ2n) is 3.26. The van der Waals surface area contributed by atoms with Gasteiger partial charge < -0.3 is 5.11 Å². The molecule has 0 aliphatic rings. The fourth-order valence-electron chi connectivity index (χ4n) is 1.22. The summed E-state index contributed by atoms with van der Waals surface area (Å²) >= 11 is 0. The lowest BCUT2D eigenvalue weighted by Gasteiger charge is -2.05. The molecule has 0 aromatic carbocycles. The lowest BCUT2D eigenvalue weighted by molar-refractivity contribution is 0.166. The third-order valence-corrected chi connectivity index (χ3v) is 1.99. The van der Waals surface area contributed by atoms with E-state index >= 15 is 0 Å². The Labute approximate surface area is 76.2 Å². The maximum Gasteiger partial charge on any atom is 0.0649 e. The molecule has 0 saturated heterocycles. The first-order valence-corrected chi connectivity index (χ1v) is 4.92. The molecule has 0 amide bonds. The Hall–Kier alpha value is -0.480. The van der Waals surface area contributed by atoms with E-state index in [4.69, 9.17) is 6.42 Å². The zero-order valence-electron chi connectivity index (χ0n) is 8.05. The molecule has 0 aliphatic carbocycles. The predicted octanol–water partition coefficient (Wildman–Crippen LogP) is 2.73. The fourth-order valence-corrected chi connectivity index (χ4v) is 1.22. The van der Waals surface area contributed by atoms with Crippen LogP contribution in [0.25, 0.3) is 0 Å². The van der Waals surface area contributed by atoms with Gasteiger partial charge in [0, 0.05) is 6.42 Å². The van der Waals surface area contributed by atoms with Gasteiger partial charge in [-0.3, -0.25) is 0 Å². The monoisotopic (exact) mass is 168 g/mol. The first kappa shape index (κ1) is 11.5. The molecule has 0 aromatic heterocycles. The van der Waals surface area contributed by atoms with Gasteiger partial charge in [-0.2, -0.15) is 0 Å². The van der Waals surface area contributed by atoms with E-state index in [1.54, 1.807) is 0 Å². The van der Waals surface area contributed by atoms with Crippen molar-refractivity contribution in [2.45, 2.75) is 58.0 Å². The summed E-state index contributed by atoms with van der Waals surface area (Å²) in [5.41, 5.74) is 0. The van der Waals surface area contributed by atoms with Crippen LogP contribution < -0.4 is 0 Å². The average molecular weight is 168 g/mol. The quantitative estimate of drug-likeness (QED) is 0.458. The molecule has 0 heterocycles. The molecule has 1 N–H and O–H groups in total. The van der Waals surface area contributed by atoms with E-state index in [0.717, 1.165) is 12.8 Å². The Morgan fingerprint density at radius 3 is 2.50 bits per heavy atom. The van der Waals surface area contributed by atoms with Crippen LogP contribution in [0, 0.1) is 12.3 Å². The number of terminal acetylenes is 1. The van der Waals surface area contributed by atoms with Crippen molar-refractivity contribution in [1.82, 2.24) is 0 Å². The molecular formula is C11H20O. The van der Waals surface area contributed by atoms with E-state index < -0.39 is 0 Å². The van der Waals surface area contributed by atoms with Gasteiger partial charge in [-0.25, -0.2) is 0 Å². The summed E-state index contributed by atoms with van der Waals surface area (Å²) < 4.78 is 0. The van der Waals surface area contributed by atoms with Gasteiger partial charge in [-0.05, 0) is 6.42 Å². The molecule has 0 aliphatic heterocycles. The summed E-state index contributed by atoms with van der Waals surface area (Å²) in [6, 6.07) is 0. The molecule has 1 atom stereocenters. The lowest BCUT2D eigenvalue weighted by Crippen LogP contribution is -2.04. The summed E-state index contributed by atoms with van der Waals surface area (Å²) in [5, 5.41) is 9.26. The van der Waals surface area contributed by atoms with Gasteiger partial charge in [0.05, 0.1) is 6.10 Å². The zero-order valence-corrected chi connectivity index (χ0v) is 8.05. The predicted molar refractivity (Wildman–Crippen MR) is 52.8 cm³/mol. The number of aliphatic hydroxyl groups is 1. The minimum Gasteiger partial charge on any atom is -0.392 e. The summed E-state index contributed by atoms with van der Waals surface area (Å²) in [6.45, 7) is 2.20. The van der Waals surface area contributed by atoms with Crippen molar-refractivity contribution in [2.24, 2.45) is 0 Å². The average Bonchev–Trinajstić information content (AvgIpc) is 2.05. The van der Waals surface area contributed by atoms with Crippen LogP contribution in [-0.4, -0.2) is 11.2 Å². The van der Waals surface area contributed by atoms with Crippen LogP contribution >= 0.6 is 0 Å². The molecule has 0 radical (unpaired) electrons. The normalized spacial score (nSPS) is 12.4. The largest absolute Gasteiger partial charge is 0.392 e. The van der Waals surface area contributed by atoms with Crippen molar-refractivity contribution in [2.75, 3.05) is 0 Å². The summed E-state index contributed by atoms with van der Waals surface area (Å²) in [4.78, 5) is 0. The molecule has 70 valence electrons. The van der Waals surface area contributed by atoms with E-state index in [1.165, 1.54) is 25.7 Å². The zero-order chi connectivity index (χ0) is 9.23. The Balaban J connectivity index is 3.04. The molecule has 1 unspecified atom stereocenters. The highest BCUT2D eigenvalue weighted by Crippen LogP contribution is 2.08. The van der Waals surface area contributed by atoms with Gasteiger partial charge in [0.2, 0.25) is 0 Å². The summed E-state index contributed by atoms with van der Waals surface area (Å²) in [7, 11) is 0. The van der Waals surface area contributed by atoms with Gasteiger partial charge in [0.25, 0.3) is 0 Å². The number of hydrogen-bond acceptors (Lipinski definition) is 1. The highest BCUT2D eigenvalue weighted by Gasteiger charge is 2.00. The van der Waals surface area contributed by atoms with Crippen molar-refractivity contribution in [3.8, 4) is 12.3 Å². The molecule has 1 nitrogen and oxygen atoms in total. The topological polar surface area (TPSA) is 20.2 Å². The van der Waals surface area contributed by atoms with Crippen molar-refractivity contribution in [3.05, 3.63) is 0 Å². The van der Waals surface area contributed by atoms with Crippen molar-refractivity contribution >= 4 is 0 Å². The number of aliphatic hydroxyl groups excluding tert-OH is 1. The van der Waals surface area contributed by atoms with E-state index in [9.17, 15) is 5.11 Å². The van der Waals surface area contributed by atoms with E-state index in [0.29, 0.717) is 6.42 Å². The van der Waals surface area contributed by atoms with E-state index in [1.807, 2.05) is 0 Å². The number of unbranched alkanes of at least 4 members (excludes halogenated alkanes) is 4. The van der Waals surface area contributed by atoms with Gasteiger partial charge in [0.1, 0.15) is 0 Å². The summed E-state index contributed by atoms with van der Waals surface area (Å²) in [5.74, 6) is 2.47. The molecule has 1 heteroatoms. The van der Waals surface area contributed by atoms with Crippen LogP contribution in [0.5, 0.6) is 0 Å². The highest BCUT2D eigenvalue weighted by molar-refractivity contribution is 4.86. The molecule has 0 spiro atoms. The lowest BCUT2D eigenvalue weighted by atomic mass is 10.1. The smallest absolute Gasteiger partial charge is 0.0649 e. The van der Waals surface area contributed by atoms with Gasteiger partial charge in [0.15, 0.2) is 0 Å². The number of rotatable bonds is 7. The van der Waals surface area contributed by atoms with Crippen molar-refractivity contribution in [3.63, 3.8) is 0 Å². The molecule has 0 rings (SSSR count). The third kappa shape index (κ3) is 7.63. The Morgan fingerprint density at radius 2 is 1.92 bits per heavy atom. The summed E-state index contributed by atoms with van der Waals surface area (Å²) in [6.07, 6.45) is 12.4. The SMILES string of the molecule is C#CCC(O)CCCCCCC. The Kier molecular flexibility index (Phi) is 8.27. The maximum absolute atomic E-state index is 9.26. The molecule has 0 bridgehead atoms. The Bertz CT molecular complexity index is 123. The van der Waals surface area contributed by atoms with Crippen LogP contribution in [-0.2, 0) is 0 Å². The van der Waals surface area contributed by atoms with E-state index in [2.05, 4.69) is 12.8 Å². The van der Waals surface area contributed by atoms with Crippen LogP contribution in [0.1, 0.15) is 51.9 Å². The Morgan fingerprint density at radius 1 is 1.25 bits per heavy atom. The molecule has 12 heavy (non-hydrogen) atoms. The molecule has 0 aromatic rings. The van der Waals surface area contributed by atoms with Crippen LogP contribution in [0.2, 0.25) is 0 Å². The van der Waals surface area contributed by atoms with E-state index in [-0.39, 0.29) is 6.10 Å². The highest BCUT2D eigenvalue weighted by atomic mass is 16.3. The van der Waals surface area contributed by atoms with Crippen molar-refractivity contribution < 1.29 is 5.11 Å². The third-order valence-electron chi connectivity index (χ3n) is 1.99. The first-order chi connectivity index (χ1) is 5.81. The number of hydrogen-bond donors (Lipinski definition) is 1. The van der Waals surface area contributed by atoms with Crippen LogP contribution in [0.4, 0.5) is 0 Å². The molecular weight excluding hydrogens is 148 g/mol. The second-order valence-corrected chi connectivity index (χ2v) is 3.26. The second kappa shape index (κ2) is 8.62. The van der Waals surface area contributed by atoms with Crippen LogP contribution in [0.3, 0.4) is 0 Å². The maximum atomic E-state index is 9.26. The van der Waals surface area contributed by atoms with Gasteiger partial charge >= 0.3 is 0 Å². The van der Waals surface area contributed by atoms with Gasteiger partial charge in [-0.1, -0.05) is 39.0 Å². The van der Waals surface area contributed by atoms with Crippen molar-refractivity contribution in [1.29, 1.82) is 0 Å². The van der Waals surface area contributed by atoms with Crippen LogP contribution in [0.15, 0.2) is 0 Å². The fraction of sp³-hybridized carbons (Fsp3) is 0.818. The minimum absolute atomic E-state index is 0.267.